The van der Waals surface area contributed by atoms with E-state index in [1.54, 1.807) is 13.0 Å². The van der Waals surface area contributed by atoms with E-state index in [2.05, 4.69) is 15.5 Å². The van der Waals surface area contributed by atoms with E-state index >= 15 is 0 Å². The first-order valence-electron chi connectivity index (χ1n) is 5.90. The van der Waals surface area contributed by atoms with E-state index in [0.29, 0.717) is 10.7 Å². The number of nitrogens with zero attached hydrogens (tertiary/aromatic N) is 3. The molecule has 0 fully saturated rings. The van der Waals surface area contributed by atoms with E-state index in [1.807, 2.05) is 6.92 Å². The maximum absolute atomic E-state index is 12.1. The topological polar surface area (TPSA) is 98.0 Å². The molecule has 0 aliphatic carbocycles. The van der Waals surface area contributed by atoms with Crippen molar-refractivity contribution < 1.29 is 9.72 Å². The normalized spacial score (nSPS) is 10.3. The van der Waals surface area contributed by atoms with Crippen LogP contribution in [0.5, 0.6) is 0 Å². The Hall–Kier alpha value is -2.35. The monoisotopic (exact) mass is 292 g/mol. The minimum Gasteiger partial charge on any atom is -0.296 e. The van der Waals surface area contributed by atoms with E-state index in [1.165, 1.54) is 23.5 Å². The number of anilines is 1. The highest BCUT2D eigenvalue weighted by molar-refractivity contribution is 7.15. The number of nitro benzene ring substituents is 1. The van der Waals surface area contributed by atoms with Gasteiger partial charge in [-0.2, -0.15) is 0 Å². The molecule has 0 atom stereocenters. The molecule has 0 aliphatic rings. The summed E-state index contributed by atoms with van der Waals surface area (Å²) in [7, 11) is 0. The predicted molar refractivity (Wildman–Crippen MR) is 75.1 cm³/mol. The molecule has 0 saturated heterocycles. The number of amides is 1. The number of nitrogens with one attached hydrogen (secondary N) is 1. The van der Waals surface area contributed by atoms with Crippen LogP contribution in [0, 0.1) is 17.0 Å². The Morgan fingerprint density at radius 3 is 2.80 bits per heavy atom. The summed E-state index contributed by atoms with van der Waals surface area (Å²) in [5, 5.41) is 22.4. The molecule has 1 amide bonds. The Kier molecular flexibility index (Phi) is 4.04. The van der Waals surface area contributed by atoms with Crippen molar-refractivity contribution in [3.8, 4) is 0 Å². The summed E-state index contributed by atoms with van der Waals surface area (Å²) < 4.78 is 0. The van der Waals surface area contributed by atoms with E-state index in [4.69, 9.17) is 0 Å². The molecule has 0 aliphatic heterocycles. The number of hydrogen-bond acceptors (Lipinski definition) is 6. The van der Waals surface area contributed by atoms with Crippen LogP contribution in [0.15, 0.2) is 18.2 Å². The lowest BCUT2D eigenvalue weighted by molar-refractivity contribution is -0.385. The average molecular weight is 292 g/mol. The number of carbonyl (C=O) groups excluding carboxylic acids is 1. The smallest absolute Gasteiger partial charge is 0.273 e. The van der Waals surface area contributed by atoms with E-state index < -0.39 is 10.8 Å². The van der Waals surface area contributed by atoms with Crippen LogP contribution in [0.1, 0.15) is 27.9 Å². The molecule has 2 rings (SSSR count). The Balaban J connectivity index is 2.25. The van der Waals surface area contributed by atoms with Gasteiger partial charge >= 0.3 is 0 Å². The number of aryl methyl sites for hydroxylation is 1. The summed E-state index contributed by atoms with van der Waals surface area (Å²) in [6, 6.07) is 4.39. The van der Waals surface area contributed by atoms with Crippen molar-refractivity contribution in [3.05, 3.63) is 44.4 Å². The third-order valence-corrected chi connectivity index (χ3v) is 3.72. The maximum Gasteiger partial charge on any atom is 0.273 e. The Labute approximate surface area is 118 Å². The maximum atomic E-state index is 12.1. The van der Waals surface area contributed by atoms with Crippen molar-refractivity contribution in [2.75, 3.05) is 5.32 Å². The molecule has 20 heavy (non-hydrogen) atoms. The van der Waals surface area contributed by atoms with Crippen LogP contribution in [-0.2, 0) is 6.42 Å². The molecular weight excluding hydrogens is 280 g/mol. The molecule has 1 N–H and O–H groups in total. The van der Waals surface area contributed by atoms with Crippen LogP contribution < -0.4 is 5.32 Å². The van der Waals surface area contributed by atoms with Gasteiger partial charge in [-0.25, -0.2) is 0 Å². The molecule has 2 aromatic rings. The molecule has 1 heterocycles. The van der Waals surface area contributed by atoms with Gasteiger partial charge < -0.3 is 0 Å². The molecule has 0 radical (unpaired) electrons. The third-order valence-electron chi connectivity index (χ3n) is 2.74. The highest BCUT2D eigenvalue weighted by Gasteiger charge is 2.18. The van der Waals surface area contributed by atoms with Crippen LogP contribution in [0.4, 0.5) is 10.8 Å². The lowest BCUT2D eigenvalue weighted by Crippen LogP contribution is -2.14. The number of hydrogen-bond donors (Lipinski definition) is 1. The summed E-state index contributed by atoms with van der Waals surface area (Å²) >= 11 is 1.28. The standard InChI is InChI=1S/C12H12N4O3S/c1-3-10-14-15-12(20-10)13-11(17)8-5-4-6-9(7(8)2)16(18)19/h4-6H,3H2,1-2H3,(H,13,15,17). The molecule has 7 nitrogen and oxygen atoms in total. The summed E-state index contributed by atoms with van der Waals surface area (Å²) in [6.45, 7) is 3.49. The lowest BCUT2D eigenvalue weighted by atomic mass is 10.1. The van der Waals surface area contributed by atoms with Crippen LogP contribution in [0.2, 0.25) is 0 Å². The quantitative estimate of drug-likeness (QED) is 0.689. The van der Waals surface area contributed by atoms with Crippen molar-refractivity contribution in [1.29, 1.82) is 0 Å². The van der Waals surface area contributed by atoms with Gasteiger partial charge in [0.25, 0.3) is 11.6 Å². The van der Waals surface area contributed by atoms with E-state index in [-0.39, 0.29) is 11.3 Å². The number of benzene rings is 1. The largest absolute Gasteiger partial charge is 0.296 e. The van der Waals surface area contributed by atoms with Crippen molar-refractivity contribution in [2.45, 2.75) is 20.3 Å². The molecule has 8 heteroatoms. The zero-order chi connectivity index (χ0) is 14.7. The van der Waals surface area contributed by atoms with Crippen molar-refractivity contribution >= 4 is 28.1 Å². The third kappa shape index (κ3) is 2.80. The van der Waals surface area contributed by atoms with Gasteiger partial charge in [0.15, 0.2) is 0 Å². The van der Waals surface area contributed by atoms with Gasteiger partial charge in [-0.05, 0) is 19.4 Å². The van der Waals surface area contributed by atoms with Gasteiger partial charge in [-0.3, -0.25) is 20.2 Å². The molecule has 0 saturated carbocycles. The zero-order valence-corrected chi connectivity index (χ0v) is 11.7. The number of nitro groups is 1. The van der Waals surface area contributed by atoms with Crippen LogP contribution in [0.25, 0.3) is 0 Å². The van der Waals surface area contributed by atoms with E-state index in [9.17, 15) is 14.9 Å². The van der Waals surface area contributed by atoms with Crippen LogP contribution in [-0.4, -0.2) is 21.0 Å². The summed E-state index contributed by atoms with van der Waals surface area (Å²) in [6.07, 6.45) is 0.739. The average Bonchev–Trinajstić information content (AvgIpc) is 2.86. The van der Waals surface area contributed by atoms with Crippen LogP contribution in [0.3, 0.4) is 0 Å². The van der Waals surface area contributed by atoms with Crippen LogP contribution >= 0.6 is 11.3 Å². The number of aromatic nitrogens is 2. The SMILES string of the molecule is CCc1nnc(NC(=O)c2cccc([N+](=O)[O-])c2C)s1. The fraction of sp³-hybridized carbons (Fsp3) is 0.250. The van der Waals surface area contributed by atoms with Crippen molar-refractivity contribution in [3.63, 3.8) is 0 Å². The van der Waals surface area contributed by atoms with Gasteiger partial charge in [0, 0.05) is 17.2 Å². The lowest BCUT2D eigenvalue weighted by Gasteiger charge is -2.05. The molecule has 1 aromatic heterocycles. The molecule has 104 valence electrons. The minimum absolute atomic E-state index is 0.0795. The first-order valence-corrected chi connectivity index (χ1v) is 6.72. The predicted octanol–water partition coefficient (Wildman–Crippen LogP) is 2.57. The van der Waals surface area contributed by atoms with Gasteiger partial charge in [-0.1, -0.05) is 24.3 Å². The second-order valence-corrected chi connectivity index (χ2v) is 5.08. The number of carbonyl (C=O) groups is 1. The first-order chi connectivity index (χ1) is 9.52. The molecule has 1 aromatic carbocycles. The van der Waals surface area contributed by atoms with Gasteiger partial charge in [-0.15, -0.1) is 10.2 Å². The first kappa shape index (κ1) is 14.1. The molecule has 0 bridgehead atoms. The van der Waals surface area contributed by atoms with Gasteiger partial charge in [0.2, 0.25) is 5.13 Å². The second kappa shape index (κ2) is 5.74. The molecule has 0 spiro atoms. The fourth-order valence-electron chi connectivity index (χ4n) is 1.68. The Bertz CT molecular complexity index is 668. The summed E-state index contributed by atoms with van der Waals surface area (Å²) in [4.78, 5) is 22.5. The highest BCUT2D eigenvalue weighted by Crippen LogP contribution is 2.23. The van der Waals surface area contributed by atoms with E-state index in [0.717, 1.165) is 11.4 Å². The molecular formula is C12H12N4O3S. The van der Waals surface area contributed by atoms with Gasteiger partial charge in [0.05, 0.1) is 4.92 Å². The highest BCUT2D eigenvalue weighted by atomic mass is 32.1. The Morgan fingerprint density at radius 1 is 1.45 bits per heavy atom. The van der Waals surface area contributed by atoms with Crippen molar-refractivity contribution in [1.82, 2.24) is 10.2 Å². The zero-order valence-electron chi connectivity index (χ0n) is 10.9. The molecule has 0 unspecified atom stereocenters. The van der Waals surface area contributed by atoms with Crippen molar-refractivity contribution in [2.24, 2.45) is 0 Å². The summed E-state index contributed by atoms with van der Waals surface area (Å²) in [5.41, 5.74) is 0.506. The fourth-order valence-corrected chi connectivity index (χ4v) is 2.35. The summed E-state index contributed by atoms with van der Waals surface area (Å²) in [5.74, 6) is -0.426. The second-order valence-electron chi connectivity index (χ2n) is 4.02. The Morgan fingerprint density at radius 2 is 2.20 bits per heavy atom. The minimum atomic E-state index is -0.508. The van der Waals surface area contributed by atoms with Gasteiger partial charge in [0.1, 0.15) is 5.01 Å². The number of rotatable bonds is 4.